The van der Waals surface area contributed by atoms with E-state index < -0.39 is 36.9 Å². The molecule has 0 aliphatic rings. The summed E-state index contributed by atoms with van der Waals surface area (Å²) in [4.78, 5) is 12.4. The van der Waals surface area contributed by atoms with Crippen LogP contribution in [0.3, 0.4) is 0 Å². The van der Waals surface area contributed by atoms with E-state index in [-0.39, 0.29) is 33.7 Å². The van der Waals surface area contributed by atoms with Crippen LogP contribution >= 0.6 is 34.8 Å². The molecule has 0 saturated carbocycles. The summed E-state index contributed by atoms with van der Waals surface area (Å²) in [5, 5.41) is 4.14. The molecule has 0 unspecified atom stereocenters. The quantitative estimate of drug-likeness (QED) is 0.190. The highest BCUT2D eigenvalue weighted by molar-refractivity contribution is 9.10. The zero-order valence-electron chi connectivity index (χ0n) is 21.2. The molecule has 0 aromatic heterocycles. The highest BCUT2D eigenvalue weighted by atomic mass is 79.9. The third kappa shape index (κ3) is 6.39. The van der Waals surface area contributed by atoms with Crippen LogP contribution in [-0.4, -0.2) is 23.9 Å². The van der Waals surface area contributed by atoms with Gasteiger partial charge < -0.3 is 22.3 Å². The minimum Gasteiger partial charge on any atom is -1.00 e. The molecule has 2 nitrogen and oxygen atoms in total. The number of hydrogen-bond donors (Lipinski definition) is 1. The van der Waals surface area contributed by atoms with Crippen molar-refractivity contribution >= 4 is 62.3 Å². The summed E-state index contributed by atoms with van der Waals surface area (Å²) < 4.78 is 94.6. The Morgan fingerprint density at radius 2 is 1.14 bits per heavy atom. The SMILES string of the molecule is O=C(Nc1cc(Cl)c(Br)cc1C[P+](c1ccccc1)(c1ccccc1)c1ccccc1)C(F)(F)C(F)(F)C(F)(F)F.[Br-]. The second kappa shape index (κ2) is 13.0. The van der Waals surface area contributed by atoms with Gasteiger partial charge in [-0.2, -0.15) is 30.7 Å². The number of carbonyl (C=O) groups is 1. The Balaban J connectivity index is 0.00000484. The molecule has 4 aromatic rings. The molecule has 0 atom stereocenters. The molecule has 0 aliphatic carbocycles. The Morgan fingerprint density at radius 3 is 1.52 bits per heavy atom. The van der Waals surface area contributed by atoms with E-state index in [1.807, 2.05) is 91.0 Å². The van der Waals surface area contributed by atoms with Crippen LogP contribution in [0, 0.1) is 0 Å². The molecule has 1 N–H and O–H groups in total. The van der Waals surface area contributed by atoms with Gasteiger partial charge in [-0.25, -0.2) is 0 Å². The molecular weight excluding hydrogens is 738 g/mol. The Hall–Kier alpha value is -2.46. The van der Waals surface area contributed by atoms with Crippen molar-refractivity contribution in [3.8, 4) is 0 Å². The van der Waals surface area contributed by atoms with E-state index in [0.29, 0.717) is 4.47 Å². The largest absolute Gasteiger partial charge is 1.00 e. The van der Waals surface area contributed by atoms with Crippen molar-refractivity contribution in [3.05, 3.63) is 118 Å². The summed E-state index contributed by atoms with van der Waals surface area (Å²) in [7, 11) is -2.71. The minimum absolute atomic E-state index is 0. The van der Waals surface area contributed by atoms with Crippen LogP contribution in [0.1, 0.15) is 5.56 Å². The monoisotopic (exact) mass is 755 g/mol. The standard InChI is InChI=1S/C29H19BrClF7NOP.BrH/c30-23-16-19(25(17-24(23)31)39-26(40)27(32,33)28(34,35)29(36,37)38)18-41(20-10-4-1-5-11-20,21-12-6-2-7-13-21)22-14-8-3-9-15-22;/h1-17H,18H2;1H. The van der Waals surface area contributed by atoms with Gasteiger partial charge in [0.25, 0.3) is 0 Å². The minimum atomic E-state index is -6.66. The third-order valence-electron chi connectivity index (χ3n) is 6.43. The van der Waals surface area contributed by atoms with E-state index in [1.54, 1.807) is 5.32 Å². The van der Waals surface area contributed by atoms with Crippen molar-refractivity contribution in [2.24, 2.45) is 0 Å². The summed E-state index contributed by atoms with van der Waals surface area (Å²) >= 11 is 9.43. The summed E-state index contributed by atoms with van der Waals surface area (Å²) in [6, 6.07) is 30.3. The normalized spacial score (nSPS) is 12.4. The van der Waals surface area contributed by atoms with Crippen LogP contribution in [0.4, 0.5) is 36.4 Å². The van der Waals surface area contributed by atoms with Gasteiger partial charge in [-0.3, -0.25) is 4.79 Å². The zero-order valence-corrected chi connectivity index (χ0v) is 26.0. The molecule has 0 radical (unpaired) electrons. The van der Waals surface area contributed by atoms with Crippen LogP contribution in [-0.2, 0) is 11.0 Å². The van der Waals surface area contributed by atoms with Gasteiger partial charge in [0.1, 0.15) is 29.3 Å². The molecule has 0 saturated heterocycles. The van der Waals surface area contributed by atoms with Crippen LogP contribution in [0.5, 0.6) is 0 Å². The molecule has 1 amide bonds. The predicted molar refractivity (Wildman–Crippen MR) is 153 cm³/mol. The van der Waals surface area contributed by atoms with Crippen LogP contribution in [0.25, 0.3) is 0 Å². The fourth-order valence-corrected chi connectivity index (χ4v) is 9.19. The topological polar surface area (TPSA) is 29.1 Å². The number of nitrogens with one attached hydrogen (secondary N) is 1. The maximum atomic E-state index is 14.3. The van der Waals surface area contributed by atoms with Gasteiger partial charge >= 0.3 is 23.9 Å². The van der Waals surface area contributed by atoms with E-state index in [0.717, 1.165) is 22.0 Å². The van der Waals surface area contributed by atoms with Gasteiger partial charge in [0.2, 0.25) is 0 Å². The lowest BCUT2D eigenvalue weighted by atomic mass is 10.1. The number of anilines is 1. The average Bonchev–Trinajstić information content (AvgIpc) is 2.95. The lowest BCUT2D eigenvalue weighted by molar-refractivity contribution is -0.343. The van der Waals surface area contributed by atoms with Crippen molar-refractivity contribution in [1.29, 1.82) is 0 Å². The molecule has 4 rings (SSSR count). The van der Waals surface area contributed by atoms with Gasteiger partial charge in [0, 0.05) is 15.7 Å². The summed E-state index contributed by atoms with van der Waals surface area (Å²) in [5.74, 6) is -15.5. The zero-order chi connectivity index (χ0) is 30.1. The van der Waals surface area contributed by atoms with Crippen molar-refractivity contribution in [1.82, 2.24) is 0 Å². The molecule has 0 fully saturated rings. The fraction of sp³-hybridized carbons (Fsp3) is 0.138. The van der Waals surface area contributed by atoms with E-state index in [2.05, 4.69) is 15.9 Å². The predicted octanol–water partition coefficient (Wildman–Crippen LogP) is 5.37. The first-order chi connectivity index (χ1) is 19.2. The Labute approximate surface area is 261 Å². The van der Waals surface area contributed by atoms with Gasteiger partial charge in [0.05, 0.1) is 5.02 Å². The van der Waals surface area contributed by atoms with E-state index in [9.17, 15) is 35.5 Å². The van der Waals surface area contributed by atoms with Crippen LogP contribution in [0.15, 0.2) is 108 Å². The van der Waals surface area contributed by atoms with E-state index in [4.69, 9.17) is 11.6 Å². The Kier molecular flexibility index (Phi) is 10.6. The third-order valence-corrected chi connectivity index (χ3v) is 12.0. The second-order valence-corrected chi connectivity index (χ2v) is 13.7. The molecule has 42 heavy (non-hydrogen) atoms. The first-order valence-corrected chi connectivity index (χ1v) is 15.0. The summed E-state index contributed by atoms with van der Waals surface area (Å²) in [5.41, 5.74) is -0.237. The first-order valence-electron chi connectivity index (χ1n) is 11.9. The molecule has 0 bridgehead atoms. The average molecular weight is 758 g/mol. The molecule has 4 aromatic carbocycles. The summed E-state index contributed by atoms with van der Waals surface area (Å²) in [6.45, 7) is 0. The Morgan fingerprint density at radius 1 is 0.738 bits per heavy atom. The maximum Gasteiger partial charge on any atom is 0.460 e. The van der Waals surface area contributed by atoms with Crippen LogP contribution in [0.2, 0.25) is 5.02 Å². The Bertz CT molecular complexity index is 1430. The van der Waals surface area contributed by atoms with Crippen molar-refractivity contribution < 1.29 is 52.5 Å². The number of alkyl halides is 7. The molecule has 0 aliphatic heterocycles. The second-order valence-electron chi connectivity index (χ2n) is 9.00. The molecular formula is C29H20Br2ClF7NOP. The lowest BCUT2D eigenvalue weighted by Crippen LogP contribution is -3.00. The number of hydrogen-bond acceptors (Lipinski definition) is 1. The van der Waals surface area contributed by atoms with Gasteiger partial charge in [-0.15, -0.1) is 0 Å². The maximum absolute atomic E-state index is 14.3. The lowest BCUT2D eigenvalue weighted by Gasteiger charge is -2.30. The number of carbonyl (C=O) groups excluding carboxylic acids is 1. The number of benzene rings is 4. The molecule has 222 valence electrons. The first kappa shape index (κ1) is 34.0. The van der Waals surface area contributed by atoms with Gasteiger partial charge in [-0.1, -0.05) is 66.2 Å². The van der Waals surface area contributed by atoms with Crippen molar-refractivity contribution in [3.63, 3.8) is 0 Å². The number of rotatable bonds is 8. The highest BCUT2D eigenvalue weighted by Gasteiger charge is 2.76. The van der Waals surface area contributed by atoms with Crippen LogP contribution < -0.4 is 38.2 Å². The highest BCUT2D eigenvalue weighted by Crippen LogP contribution is 2.59. The van der Waals surface area contributed by atoms with E-state index >= 15 is 0 Å². The summed E-state index contributed by atoms with van der Waals surface area (Å²) in [6.07, 6.45) is -6.60. The smallest absolute Gasteiger partial charge is 0.460 e. The fourth-order valence-electron chi connectivity index (χ4n) is 4.38. The van der Waals surface area contributed by atoms with Crippen molar-refractivity contribution in [2.45, 2.75) is 24.2 Å². The molecule has 0 spiro atoms. The number of amides is 1. The molecule has 13 heteroatoms. The molecule has 0 heterocycles. The van der Waals surface area contributed by atoms with Crippen molar-refractivity contribution in [2.75, 3.05) is 5.32 Å². The number of halogens is 10. The van der Waals surface area contributed by atoms with Gasteiger partial charge in [0.15, 0.2) is 0 Å². The van der Waals surface area contributed by atoms with Gasteiger partial charge in [-0.05, 0) is 64.5 Å². The van der Waals surface area contributed by atoms with E-state index in [1.165, 1.54) is 6.07 Å².